The Labute approximate surface area is 447 Å². The topological polar surface area (TPSA) is 8.17 Å². The van der Waals surface area contributed by atoms with Crippen LogP contribution in [-0.4, -0.2) is 4.57 Å². The van der Waals surface area contributed by atoms with Crippen molar-refractivity contribution in [3.8, 4) is 50.2 Å². The molecule has 2 spiro atoms. The lowest BCUT2D eigenvalue weighted by Crippen LogP contribution is -2.33. The third-order valence-electron chi connectivity index (χ3n) is 19.0. The summed E-state index contributed by atoms with van der Waals surface area (Å²) in [6, 6.07) is 97.8. The summed E-state index contributed by atoms with van der Waals surface area (Å²) in [4.78, 5) is 2.63. The molecule has 358 valence electrons. The molecule has 1 atom stereocenters. The SMILES string of the molecule is CC1(C)c2ccccc2-c2ccc(N(c3ccc4c(c3)C3(c5ccccc5-4)c4ccccc4-n4c5ccccc5c5cccc3c54)c3cc4c(c5ccccc35)-c3ccccc3C43c4ccccc4-c4ccccc43)cc21. The second-order valence-electron chi connectivity index (χ2n) is 22.6. The predicted octanol–water partition coefficient (Wildman–Crippen LogP) is 18.7. The van der Waals surface area contributed by atoms with Crippen LogP contribution in [0.3, 0.4) is 0 Å². The fourth-order valence-electron chi connectivity index (χ4n) is 16.1. The van der Waals surface area contributed by atoms with Crippen molar-refractivity contribution in [2.24, 2.45) is 0 Å². The molecule has 1 aliphatic heterocycles. The summed E-state index contributed by atoms with van der Waals surface area (Å²) in [5, 5.41) is 5.04. The highest BCUT2D eigenvalue weighted by Gasteiger charge is 2.54. The van der Waals surface area contributed by atoms with E-state index in [2.05, 4.69) is 278 Å². The van der Waals surface area contributed by atoms with Crippen LogP contribution < -0.4 is 4.90 Å². The number of para-hydroxylation sites is 3. The predicted molar refractivity (Wildman–Crippen MR) is 318 cm³/mol. The zero-order valence-electron chi connectivity index (χ0n) is 42.6. The van der Waals surface area contributed by atoms with E-state index in [-0.39, 0.29) is 5.41 Å². The molecule has 4 aliphatic carbocycles. The highest BCUT2D eigenvalue weighted by Crippen LogP contribution is 2.66. The van der Waals surface area contributed by atoms with Gasteiger partial charge in [0.05, 0.1) is 33.2 Å². The van der Waals surface area contributed by atoms with E-state index < -0.39 is 10.8 Å². The standard InChI is InChI=1S/C75H48N2/c1-73(2)58-29-11-5-20-47(58)51-40-38-45(42-65(51)73)76(70-44-67-71(55-26-4-3-24-53(55)70)57-27-9-15-33-62(57)74(67)59-30-12-6-21-48(59)49-22-7-13-31-60(49)74)46-39-41-52-50-23-8-14-32-61(50)75(66(52)43-46)63-34-16-18-37-69(63)77-68-36-17-10-25-54(68)56-28-19-35-64(75)72(56)77/h3-44H,1-2H3. The van der Waals surface area contributed by atoms with Crippen molar-refractivity contribution in [2.45, 2.75) is 30.1 Å². The molecule has 13 aromatic rings. The minimum atomic E-state index is -0.612. The van der Waals surface area contributed by atoms with E-state index in [0.29, 0.717) is 0 Å². The second-order valence-corrected chi connectivity index (χ2v) is 22.6. The van der Waals surface area contributed by atoms with Crippen LogP contribution in [0.5, 0.6) is 0 Å². The molecule has 0 saturated heterocycles. The molecule has 0 bridgehead atoms. The summed E-state index contributed by atoms with van der Waals surface area (Å²) in [5.74, 6) is 0. The first-order chi connectivity index (χ1) is 38.0. The Bertz CT molecular complexity index is 4770. The molecular formula is C75H48N2. The fourth-order valence-corrected chi connectivity index (χ4v) is 16.1. The Morgan fingerprint density at radius 3 is 1.40 bits per heavy atom. The van der Waals surface area contributed by atoms with Crippen molar-refractivity contribution in [2.75, 3.05) is 4.90 Å². The van der Waals surface area contributed by atoms with Gasteiger partial charge < -0.3 is 9.47 Å². The van der Waals surface area contributed by atoms with Crippen molar-refractivity contribution in [1.82, 2.24) is 4.57 Å². The molecule has 0 N–H and O–H groups in total. The molecule has 2 heteroatoms. The van der Waals surface area contributed by atoms with Gasteiger partial charge in [-0.2, -0.15) is 0 Å². The van der Waals surface area contributed by atoms with Gasteiger partial charge in [0.1, 0.15) is 0 Å². The summed E-state index contributed by atoms with van der Waals surface area (Å²) >= 11 is 0. The van der Waals surface area contributed by atoms with Gasteiger partial charge in [-0.3, -0.25) is 0 Å². The van der Waals surface area contributed by atoms with Crippen LogP contribution in [0.25, 0.3) is 82.8 Å². The number of benzene rings is 12. The van der Waals surface area contributed by atoms with E-state index in [4.69, 9.17) is 0 Å². The van der Waals surface area contributed by atoms with Gasteiger partial charge in [0.25, 0.3) is 0 Å². The minimum absolute atomic E-state index is 0.205. The number of nitrogens with zero attached hydrogens (tertiary/aromatic N) is 2. The highest BCUT2D eigenvalue weighted by molar-refractivity contribution is 6.14. The zero-order valence-corrected chi connectivity index (χ0v) is 42.6. The van der Waals surface area contributed by atoms with Crippen LogP contribution in [0.4, 0.5) is 17.1 Å². The van der Waals surface area contributed by atoms with Crippen LogP contribution in [0.15, 0.2) is 255 Å². The normalized spacial score (nSPS) is 16.4. The van der Waals surface area contributed by atoms with E-state index >= 15 is 0 Å². The molecule has 18 rings (SSSR count). The monoisotopic (exact) mass is 976 g/mol. The first-order valence-electron chi connectivity index (χ1n) is 27.3. The second kappa shape index (κ2) is 14.5. The van der Waals surface area contributed by atoms with Gasteiger partial charge in [0.2, 0.25) is 0 Å². The molecule has 0 fully saturated rings. The van der Waals surface area contributed by atoms with Crippen LogP contribution in [0, 0.1) is 0 Å². The van der Waals surface area contributed by atoms with Gasteiger partial charge in [0, 0.05) is 32.9 Å². The van der Waals surface area contributed by atoms with E-state index in [1.165, 1.54) is 138 Å². The van der Waals surface area contributed by atoms with Crippen LogP contribution in [-0.2, 0) is 16.2 Å². The Morgan fingerprint density at radius 2 is 0.740 bits per heavy atom. The molecule has 1 unspecified atom stereocenters. The Kier molecular flexibility index (Phi) is 7.85. The lowest BCUT2D eigenvalue weighted by Gasteiger charge is -2.40. The molecule has 1 aromatic heterocycles. The van der Waals surface area contributed by atoms with Crippen LogP contribution >= 0.6 is 0 Å². The lowest BCUT2D eigenvalue weighted by molar-refractivity contribution is 0.660. The van der Waals surface area contributed by atoms with Crippen LogP contribution in [0.1, 0.15) is 69.5 Å². The molecule has 0 amide bonds. The Morgan fingerprint density at radius 1 is 0.299 bits per heavy atom. The van der Waals surface area contributed by atoms with E-state index in [1.54, 1.807) is 0 Å². The first-order valence-corrected chi connectivity index (χ1v) is 27.3. The van der Waals surface area contributed by atoms with Gasteiger partial charge in [-0.1, -0.05) is 226 Å². The van der Waals surface area contributed by atoms with Gasteiger partial charge in [0.15, 0.2) is 0 Å². The molecule has 77 heavy (non-hydrogen) atoms. The number of hydrogen-bond acceptors (Lipinski definition) is 1. The molecular weight excluding hydrogens is 929 g/mol. The average Bonchev–Trinajstić information content (AvgIpc) is 4.36. The molecule has 12 aromatic carbocycles. The number of anilines is 3. The van der Waals surface area contributed by atoms with Gasteiger partial charge in [-0.25, -0.2) is 0 Å². The van der Waals surface area contributed by atoms with E-state index in [1.807, 2.05) is 0 Å². The smallest absolute Gasteiger partial charge is 0.0755 e. The Hall–Kier alpha value is -9.50. The minimum Gasteiger partial charge on any atom is -0.310 e. The number of hydrogen-bond donors (Lipinski definition) is 0. The number of fused-ring (bicyclic) bond motifs is 27. The number of aromatic nitrogens is 1. The summed E-state index contributed by atoms with van der Waals surface area (Å²) in [7, 11) is 0. The number of rotatable bonds is 3. The summed E-state index contributed by atoms with van der Waals surface area (Å²) in [6.07, 6.45) is 0. The first kappa shape index (κ1) is 41.8. The molecule has 2 heterocycles. The van der Waals surface area contributed by atoms with Gasteiger partial charge in [-0.15, -0.1) is 0 Å². The average molecular weight is 977 g/mol. The quantitative estimate of drug-likeness (QED) is 0.171. The maximum Gasteiger partial charge on any atom is 0.0755 e. The third kappa shape index (κ3) is 4.86. The van der Waals surface area contributed by atoms with Crippen molar-refractivity contribution in [3.63, 3.8) is 0 Å². The maximum absolute atomic E-state index is 2.63. The maximum atomic E-state index is 2.63. The fraction of sp³-hybridized carbons (Fsp3) is 0.0667. The summed E-state index contributed by atoms with van der Waals surface area (Å²) in [5.41, 5.74) is 29.6. The van der Waals surface area contributed by atoms with E-state index in [9.17, 15) is 0 Å². The third-order valence-corrected chi connectivity index (χ3v) is 19.0. The zero-order chi connectivity index (χ0) is 50.5. The highest BCUT2D eigenvalue weighted by atomic mass is 15.1. The van der Waals surface area contributed by atoms with Crippen LogP contribution in [0.2, 0.25) is 0 Å². The summed E-state index contributed by atoms with van der Waals surface area (Å²) in [6.45, 7) is 4.81. The summed E-state index contributed by atoms with van der Waals surface area (Å²) < 4.78 is 2.55. The van der Waals surface area contributed by atoms with Crippen molar-refractivity contribution in [1.29, 1.82) is 0 Å². The molecule has 5 aliphatic rings. The largest absolute Gasteiger partial charge is 0.310 e. The lowest BCUT2D eigenvalue weighted by atomic mass is 9.65. The molecule has 0 radical (unpaired) electrons. The molecule has 0 saturated carbocycles. The molecule has 2 nitrogen and oxygen atoms in total. The van der Waals surface area contributed by atoms with Gasteiger partial charge >= 0.3 is 0 Å². The van der Waals surface area contributed by atoms with E-state index in [0.717, 1.165) is 17.1 Å². The Balaban J connectivity index is 0.971. The van der Waals surface area contributed by atoms with Crippen molar-refractivity contribution < 1.29 is 0 Å². The van der Waals surface area contributed by atoms with Gasteiger partial charge in [-0.05, 0) is 148 Å². The van der Waals surface area contributed by atoms with Crippen molar-refractivity contribution >= 4 is 49.6 Å². The van der Waals surface area contributed by atoms with Crippen molar-refractivity contribution in [3.05, 3.63) is 310 Å².